The first-order chi connectivity index (χ1) is 11.2. The summed E-state index contributed by atoms with van der Waals surface area (Å²) in [5, 5.41) is 13.3. The molecule has 1 unspecified atom stereocenters. The van der Waals surface area contributed by atoms with E-state index < -0.39 is 0 Å². The maximum Gasteiger partial charge on any atom is 0.225 e. The van der Waals surface area contributed by atoms with E-state index in [0.717, 1.165) is 42.2 Å². The highest BCUT2D eigenvalue weighted by molar-refractivity contribution is 7.16. The monoisotopic (exact) mass is 332 g/mol. The SMILES string of the molecule is CCCCCCCC(=O)Nc1sc2c(c1C#N)CCC(CC)C2. The van der Waals surface area contributed by atoms with E-state index in [2.05, 4.69) is 25.2 Å². The molecule has 1 N–H and O–H groups in total. The Balaban J connectivity index is 1.94. The topological polar surface area (TPSA) is 52.9 Å². The van der Waals surface area contributed by atoms with Crippen molar-refractivity contribution in [3.8, 4) is 6.07 Å². The van der Waals surface area contributed by atoms with Crippen molar-refractivity contribution in [3.63, 3.8) is 0 Å². The van der Waals surface area contributed by atoms with Crippen LogP contribution in [0.1, 0.15) is 81.2 Å². The Bertz CT molecular complexity index is 571. The van der Waals surface area contributed by atoms with E-state index in [4.69, 9.17) is 0 Å². The molecule has 4 heteroatoms. The summed E-state index contributed by atoms with van der Waals surface area (Å²) in [5.41, 5.74) is 1.92. The molecular weight excluding hydrogens is 304 g/mol. The second kappa shape index (κ2) is 9.08. The number of nitrogens with zero attached hydrogens (tertiary/aromatic N) is 1. The van der Waals surface area contributed by atoms with Crippen LogP contribution in [0, 0.1) is 17.2 Å². The van der Waals surface area contributed by atoms with Crippen molar-refractivity contribution >= 4 is 22.2 Å². The average molecular weight is 333 g/mol. The second-order valence-electron chi connectivity index (χ2n) is 6.55. The molecule has 126 valence electrons. The van der Waals surface area contributed by atoms with Crippen molar-refractivity contribution < 1.29 is 4.79 Å². The van der Waals surface area contributed by atoms with E-state index in [0.29, 0.717) is 6.42 Å². The lowest BCUT2D eigenvalue weighted by atomic mass is 9.86. The number of amides is 1. The summed E-state index contributed by atoms with van der Waals surface area (Å²) >= 11 is 1.63. The second-order valence-corrected chi connectivity index (χ2v) is 7.65. The molecule has 1 aliphatic carbocycles. The van der Waals surface area contributed by atoms with Gasteiger partial charge in [-0.2, -0.15) is 5.26 Å². The molecule has 0 saturated heterocycles. The number of hydrogen-bond acceptors (Lipinski definition) is 3. The zero-order valence-electron chi connectivity index (χ0n) is 14.4. The number of rotatable bonds is 8. The van der Waals surface area contributed by atoms with Gasteiger partial charge in [-0.15, -0.1) is 11.3 Å². The van der Waals surface area contributed by atoms with Crippen LogP contribution in [0.3, 0.4) is 0 Å². The third kappa shape index (κ3) is 4.81. The van der Waals surface area contributed by atoms with Gasteiger partial charge in [-0.1, -0.05) is 46.0 Å². The lowest BCUT2D eigenvalue weighted by Crippen LogP contribution is -2.12. The van der Waals surface area contributed by atoms with Crippen molar-refractivity contribution in [2.75, 3.05) is 5.32 Å². The molecule has 2 rings (SSSR count). The molecule has 0 aliphatic heterocycles. The Morgan fingerprint density at radius 1 is 1.30 bits per heavy atom. The maximum absolute atomic E-state index is 12.1. The molecule has 0 radical (unpaired) electrons. The zero-order valence-corrected chi connectivity index (χ0v) is 15.2. The number of hydrogen-bond donors (Lipinski definition) is 1. The highest BCUT2D eigenvalue weighted by atomic mass is 32.1. The molecule has 1 heterocycles. The van der Waals surface area contributed by atoms with E-state index >= 15 is 0 Å². The Kier molecular flexibility index (Phi) is 7.11. The highest BCUT2D eigenvalue weighted by Crippen LogP contribution is 2.40. The Morgan fingerprint density at radius 3 is 2.78 bits per heavy atom. The number of anilines is 1. The van der Waals surface area contributed by atoms with Gasteiger partial charge in [0, 0.05) is 11.3 Å². The van der Waals surface area contributed by atoms with E-state index in [1.807, 2.05) is 0 Å². The molecule has 1 aliphatic rings. The predicted molar refractivity (Wildman–Crippen MR) is 96.8 cm³/mol. The summed E-state index contributed by atoms with van der Waals surface area (Å²) in [7, 11) is 0. The van der Waals surface area contributed by atoms with Crippen LogP contribution < -0.4 is 5.32 Å². The fraction of sp³-hybridized carbons (Fsp3) is 0.684. The summed E-state index contributed by atoms with van der Waals surface area (Å²) < 4.78 is 0. The van der Waals surface area contributed by atoms with Gasteiger partial charge in [0.25, 0.3) is 0 Å². The quantitative estimate of drug-likeness (QED) is 0.645. The Labute approximate surface area is 144 Å². The number of nitriles is 1. The van der Waals surface area contributed by atoms with Gasteiger partial charge in [0.2, 0.25) is 5.91 Å². The van der Waals surface area contributed by atoms with Crippen LogP contribution in [0.15, 0.2) is 0 Å². The number of unbranched alkanes of at least 4 members (excludes halogenated alkanes) is 4. The summed E-state index contributed by atoms with van der Waals surface area (Å²) in [4.78, 5) is 13.5. The van der Waals surface area contributed by atoms with E-state index in [1.54, 1.807) is 11.3 Å². The summed E-state index contributed by atoms with van der Waals surface area (Å²) in [5.74, 6) is 0.790. The predicted octanol–water partition coefficient (Wildman–Crippen LogP) is 5.43. The van der Waals surface area contributed by atoms with Crippen LogP contribution >= 0.6 is 11.3 Å². The average Bonchev–Trinajstić information content (AvgIpc) is 2.90. The molecule has 0 aromatic carbocycles. The summed E-state index contributed by atoms with van der Waals surface area (Å²) in [6, 6.07) is 2.32. The molecule has 1 aromatic heterocycles. The normalized spacial score (nSPS) is 16.7. The minimum absolute atomic E-state index is 0.0589. The van der Waals surface area contributed by atoms with Crippen molar-refractivity contribution in [3.05, 3.63) is 16.0 Å². The molecule has 3 nitrogen and oxygen atoms in total. The van der Waals surface area contributed by atoms with Crippen LogP contribution in [0.4, 0.5) is 5.00 Å². The van der Waals surface area contributed by atoms with Gasteiger partial charge in [-0.25, -0.2) is 0 Å². The number of nitrogens with one attached hydrogen (secondary N) is 1. The summed E-state index contributed by atoms with van der Waals surface area (Å²) in [6.07, 6.45) is 10.7. The number of carbonyl (C=O) groups excluding carboxylic acids is 1. The van der Waals surface area contributed by atoms with Crippen LogP contribution in [0.25, 0.3) is 0 Å². The molecule has 0 spiro atoms. The third-order valence-corrected chi connectivity index (χ3v) is 5.99. The maximum atomic E-state index is 12.1. The fourth-order valence-corrected chi connectivity index (χ4v) is 4.62. The fourth-order valence-electron chi connectivity index (χ4n) is 3.29. The van der Waals surface area contributed by atoms with Crippen molar-refractivity contribution in [2.24, 2.45) is 5.92 Å². The standard InChI is InChI=1S/C19H28N2OS/c1-3-5-6-7-8-9-18(22)21-19-16(13-20)15-11-10-14(4-2)12-17(15)23-19/h14H,3-12H2,1-2H3,(H,21,22). The van der Waals surface area contributed by atoms with Gasteiger partial charge >= 0.3 is 0 Å². The molecule has 1 atom stereocenters. The van der Waals surface area contributed by atoms with E-state index in [9.17, 15) is 10.1 Å². The molecule has 0 bridgehead atoms. The van der Waals surface area contributed by atoms with E-state index in [-0.39, 0.29) is 5.91 Å². The molecular formula is C19H28N2OS. The molecule has 23 heavy (non-hydrogen) atoms. The van der Waals surface area contributed by atoms with Gasteiger partial charge in [0.15, 0.2) is 0 Å². The van der Waals surface area contributed by atoms with Gasteiger partial charge in [0.05, 0.1) is 5.56 Å². The molecule has 1 amide bonds. The number of fused-ring (bicyclic) bond motifs is 1. The van der Waals surface area contributed by atoms with Crippen LogP contribution in [0.2, 0.25) is 0 Å². The van der Waals surface area contributed by atoms with Crippen LogP contribution in [-0.2, 0) is 17.6 Å². The lowest BCUT2D eigenvalue weighted by molar-refractivity contribution is -0.116. The smallest absolute Gasteiger partial charge is 0.225 e. The van der Waals surface area contributed by atoms with Gasteiger partial charge in [0.1, 0.15) is 11.1 Å². The summed E-state index contributed by atoms with van der Waals surface area (Å²) in [6.45, 7) is 4.42. The first-order valence-corrected chi connectivity index (χ1v) is 9.85. The van der Waals surface area contributed by atoms with Gasteiger partial charge < -0.3 is 5.32 Å². The first kappa shape index (κ1) is 18.0. The highest BCUT2D eigenvalue weighted by Gasteiger charge is 2.25. The molecule has 1 aromatic rings. The third-order valence-electron chi connectivity index (χ3n) is 4.82. The first-order valence-electron chi connectivity index (χ1n) is 9.04. The van der Waals surface area contributed by atoms with Crippen molar-refractivity contribution in [1.82, 2.24) is 0 Å². The lowest BCUT2D eigenvalue weighted by Gasteiger charge is -2.20. The van der Waals surface area contributed by atoms with Gasteiger partial charge in [-0.05, 0) is 37.2 Å². The number of carbonyl (C=O) groups is 1. The molecule has 0 fully saturated rings. The Morgan fingerprint density at radius 2 is 2.09 bits per heavy atom. The van der Waals surface area contributed by atoms with Crippen molar-refractivity contribution in [1.29, 1.82) is 5.26 Å². The van der Waals surface area contributed by atoms with Crippen LogP contribution in [0.5, 0.6) is 0 Å². The largest absolute Gasteiger partial charge is 0.317 e. The Hall–Kier alpha value is -1.34. The minimum atomic E-state index is 0.0589. The van der Waals surface area contributed by atoms with Gasteiger partial charge in [-0.3, -0.25) is 4.79 Å². The molecule has 0 saturated carbocycles. The van der Waals surface area contributed by atoms with E-state index in [1.165, 1.54) is 42.5 Å². The van der Waals surface area contributed by atoms with Crippen molar-refractivity contribution in [2.45, 2.75) is 78.1 Å². The van der Waals surface area contributed by atoms with Crippen LogP contribution in [-0.4, -0.2) is 5.91 Å². The number of thiophene rings is 1. The zero-order chi connectivity index (χ0) is 16.7. The minimum Gasteiger partial charge on any atom is -0.317 e.